The molecule has 3 amide bonds. The minimum atomic E-state index is -0.655. The second-order valence-electron chi connectivity index (χ2n) is 10.9. The summed E-state index contributed by atoms with van der Waals surface area (Å²) in [5, 5.41) is 2.76. The van der Waals surface area contributed by atoms with E-state index in [0.29, 0.717) is 17.3 Å². The minimum Gasteiger partial charge on any atom is -0.452 e. The van der Waals surface area contributed by atoms with Gasteiger partial charge in [-0.1, -0.05) is 42.5 Å². The quantitative estimate of drug-likeness (QED) is 0.362. The SMILES string of the molecule is Cc1cccc(NC(=O)COC(=O)c2ccc(N3C(=O)[C@@H]4[C@@H]5C[C@@H]([C@@H]4C3=O)[C@@H](c3ccccc3)C5)cc2)c1C. The molecule has 7 nitrogen and oxygen atoms in total. The lowest BCUT2D eigenvalue weighted by atomic mass is 9.73. The molecule has 5 atom stereocenters. The lowest BCUT2D eigenvalue weighted by molar-refractivity contribution is -0.123. The van der Waals surface area contributed by atoms with E-state index in [0.717, 1.165) is 24.0 Å². The highest BCUT2D eigenvalue weighted by Crippen LogP contribution is 2.61. The van der Waals surface area contributed by atoms with Gasteiger partial charge in [0, 0.05) is 5.69 Å². The van der Waals surface area contributed by atoms with E-state index in [-0.39, 0.29) is 41.0 Å². The predicted octanol–water partition coefficient (Wildman–Crippen LogP) is 5.03. The molecule has 0 radical (unpaired) electrons. The zero-order chi connectivity index (χ0) is 27.3. The van der Waals surface area contributed by atoms with Crippen molar-refractivity contribution in [1.82, 2.24) is 0 Å². The Kier molecular flexibility index (Phi) is 6.29. The first kappa shape index (κ1) is 25.0. The van der Waals surface area contributed by atoms with Gasteiger partial charge in [0.05, 0.1) is 23.1 Å². The Morgan fingerprint density at radius 1 is 0.872 bits per heavy atom. The maximum Gasteiger partial charge on any atom is 0.338 e. The van der Waals surface area contributed by atoms with Crippen molar-refractivity contribution < 1.29 is 23.9 Å². The number of rotatable bonds is 6. The highest BCUT2D eigenvalue weighted by atomic mass is 16.5. The molecule has 1 heterocycles. The summed E-state index contributed by atoms with van der Waals surface area (Å²) in [6.45, 7) is 3.44. The summed E-state index contributed by atoms with van der Waals surface area (Å²) in [4.78, 5) is 53.1. The van der Waals surface area contributed by atoms with Gasteiger partial charge in [-0.05, 0) is 91.5 Å². The van der Waals surface area contributed by atoms with Crippen molar-refractivity contribution in [3.63, 3.8) is 0 Å². The van der Waals surface area contributed by atoms with Gasteiger partial charge in [0.15, 0.2) is 6.61 Å². The van der Waals surface area contributed by atoms with Crippen LogP contribution in [-0.2, 0) is 19.1 Å². The topological polar surface area (TPSA) is 92.8 Å². The Morgan fingerprint density at radius 2 is 1.59 bits per heavy atom. The van der Waals surface area contributed by atoms with Crippen molar-refractivity contribution in [2.75, 3.05) is 16.8 Å². The molecular weight excluding hydrogens is 492 g/mol. The van der Waals surface area contributed by atoms with Crippen molar-refractivity contribution in [1.29, 1.82) is 0 Å². The number of anilines is 2. The molecule has 2 bridgehead atoms. The van der Waals surface area contributed by atoms with Crippen molar-refractivity contribution in [2.24, 2.45) is 23.7 Å². The molecule has 39 heavy (non-hydrogen) atoms. The molecular formula is C32H30N2O5. The number of carbonyl (C=O) groups excluding carboxylic acids is 4. The first-order valence-corrected chi connectivity index (χ1v) is 13.4. The van der Waals surface area contributed by atoms with Crippen molar-refractivity contribution >= 4 is 35.1 Å². The van der Waals surface area contributed by atoms with E-state index in [9.17, 15) is 19.2 Å². The molecule has 0 unspecified atom stereocenters. The number of nitrogens with zero attached hydrogens (tertiary/aromatic N) is 1. The Hall–Kier alpha value is -4.26. The summed E-state index contributed by atoms with van der Waals surface area (Å²) in [5.41, 5.74) is 4.61. The number of imide groups is 1. The van der Waals surface area contributed by atoms with E-state index in [1.54, 1.807) is 18.2 Å². The lowest BCUT2D eigenvalue weighted by Gasteiger charge is -2.28. The smallest absolute Gasteiger partial charge is 0.338 e. The molecule has 6 rings (SSSR count). The van der Waals surface area contributed by atoms with Crippen LogP contribution in [0.5, 0.6) is 0 Å². The average Bonchev–Trinajstić information content (AvgIpc) is 3.62. The van der Waals surface area contributed by atoms with Crippen LogP contribution in [-0.4, -0.2) is 30.3 Å². The monoisotopic (exact) mass is 522 g/mol. The van der Waals surface area contributed by atoms with E-state index in [2.05, 4.69) is 17.4 Å². The van der Waals surface area contributed by atoms with Crippen LogP contribution in [0.3, 0.4) is 0 Å². The normalized spacial score (nSPS) is 25.1. The van der Waals surface area contributed by atoms with Crippen LogP contribution in [0, 0.1) is 37.5 Å². The molecule has 3 aromatic rings. The maximum absolute atomic E-state index is 13.5. The van der Waals surface area contributed by atoms with Crippen LogP contribution in [0.2, 0.25) is 0 Å². The molecule has 1 aliphatic heterocycles. The van der Waals surface area contributed by atoms with Crippen LogP contribution in [0.1, 0.15) is 45.8 Å². The Bertz CT molecular complexity index is 1470. The van der Waals surface area contributed by atoms with E-state index in [1.807, 2.05) is 44.2 Å². The van der Waals surface area contributed by atoms with E-state index < -0.39 is 18.5 Å². The van der Waals surface area contributed by atoms with Crippen LogP contribution >= 0.6 is 0 Å². The third-order valence-corrected chi connectivity index (χ3v) is 8.82. The molecule has 1 saturated heterocycles. The third kappa shape index (κ3) is 4.32. The van der Waals surface area contributed by atoms with Crippen molar-refractivity contribution in [3.05, 3.63) is 95.1 Å². The number of carbonyl (C=O) groups is 4. The van der Waals surface area contributed by atoms with Gasteiger partial charge < -0.3 is 10.1 Å². The zero-order valence-electron chi connectivity index (χ0n) is 21.9. The number of nitrogens with one attached hydrogen (secondary N) is 1. The van der Waals surface area contributed by atoms with Gasteiger partial charge in [-0.15, -0.1) is 0 Å². The second-order valence-corrected chi connectivity index (χ2v) is 10.9. The summed E-state index contributed by atoms with van der Waals surface area (Å²) in [7, 11) is 0. The summed E-state index contributed by atoms with van der Waals surface area (Å²) in [5.74, 6) is -1.22. The summed E-state index contributed by atoms with van der Waals surface area (Å²) in [6, 6.07) is 22.1. The standard InChI is InChI=1S/C32H30N2O5/c1-18-7-6-10-26(19(18)2)33-27(35)17-39-32(38)21-11-13-23(14-12-21)34-30(36)28-22-15-24(20-8-4-3-5-9-20)25(16-22)29(28)31(34)37/h3-14,22,24-25,28-29H,15-17H2,1-2H3,(H,33,35)/t22-,24+,25+,28+,29-/m0/s1. The fourth-order valence-electron chi connectivity index (χ4n) is 6.83. The van der Waals surface area contributed by atoms with Gasteiger partial charge in [-0.3, -0.25) is 19.3 Å². The third-order valence-electron chi connectivity index (χ3n) is 8.82. The van der Waals surface area contributed by atoms with E-state index in [4.69, 9.17) is 4.74 Å². The van der Waals surface area contributed by atoms with Gasteiger partial charge in [0.1, 0.15) is 0 Å². The predicted molar refractivity (Wildman–Crippen MR) is 146 cm³/mol. The number of esters is 1. The van der Waals surface area contributed by atoms with Gasteiger partial charge >= 0.3 is 5.97 Å². The zero-order valence-corrected chi connectivity index (χ0v) is 21.9. The molecule has 7 heteroatoms. The minimum absolute atomic E-state index is 0.137. The summed E-state index contributed by atoms with van der Waals surface area (Å²) in [6.07, 6.45) is 1.85. The van der Waals surface area contributed by atoms with E-state index >= 15 is 0 Å². The molecule has 0 spiro atoms. The fraction of sp³-hybridized carbons (Fsp3) is 0.312. The first-order chi connectivity index (χ1) is 18.8. The molecule has 198 valence electrons. The highest BCUT2D eigenvalue weighted by Gasteiger charge is 2.64. The molecule has 1 N–H and O–H groups in total. The van der Waals surface area contributed by atoms with Gasteiger partial charge in [-0.25, -0.2) is 4.79 Å². The number of fused-ring (bicyclic) bond motifs is 5. The largest absolute Gasteiger partial charge is 0.452 e. The summed E-state index contributed by atoms with van der Waals surface area (Å²) >= 11 is 0. The van der Waals surface area contributed by atoms with Gasteiger partial charge in [0.2, 0.25) is 11.8 Å². The fourth-order valence-corrected chi connectivity index (χ4v) is 6.83. The Labute approximate surface area is 227 Å². The van der Waals surface area contributed by atoms with Crippen molar-refractivity contribution in [3.8, 4) is 0 Å². The molecule has 0 aromatic heterocycles. The molecule has 2 aliphatic carbocycles. The van der Waals surface area contributed by atoms with Crippen LogP contribution in [0.4, 0.5) is 11.4 Å². The molecule has 3 aliphatic rings. The van der Waals surface area contributed by atoms with Gasteiger partial charge in [-0.2, -0.15) is 0 Å². The Morgan fingerprint density at radius 3 is 2.33 bits per heavy atom. The van der Waals surface area contributed by atoms with Crippen molar-refractivity contribution in [2.45, 2.75) is 32.6 Å². The van der Waals surface area contributed by atoms with Crippen LogP contribution in [0.15, 0.2) is 72.8 Å². The molecule has 3 aromatic carbocycles. The average molecular weight is 523 g/mol. The van der Waals surface area contributed by atoms with Gasteiger partial charge in [0.25, 0.3) is 5.91 Å². The number of ether oxygens (including phenoxy) is 1. The number of benzene rings is 3. The maximum atomic E-state index is 13.5. The second kappa shape index (κ2) is 9.80. The summed E-state index contributed by atoms with van der Waals surface area (Å²) < 4.78 is 5.19. The lowest BCUT2D eigenvalue weighted by Crippen LogP contribution is -2.33. The number of amides is 3. The number of hydrogen-bond acceptors (Lipinski definition) is 5. The number of hydrogen-bond donors (Lipinski definition) is 1. The van der Waals surface area contributed by atoms with E-state index in [1.165, 1.54) is 22.6 Å². The van der Waals surface area contributed by atoms with Crippen LogP contribution < -0.4 is 10.2 Å². The Balaban J connectivity index is 1.10. The molecule has 2 saturated carbocycles. The number of aryl methyl sites for hydroxylation is 1. The van der Waals surface area contributed by atoms with Crippen LogP contribution in [0.25, 0.3) is 0 Å². The first-order valence-electron chi connectivity index (χ1n) is 13.4. The molecule has 3 fully saturated rings. The highest BCUT2D eigenvalue weighted by molar-refractivity contribution is 6.22.